The molecule has 1 aliphatic rings. The Labute approximate surface area is 191 Å². The minimum absolute atomic E-state index is 0.0397. The van der Waals surface area contributed by atoms with E-state index in [-0.39, 0.29) is 40.4 Å². The summed E-state index contributed by atoms with van der Waals surface area (Å²) in [5.41, 5.74) is -0.379. The van der Waals surface area contributed by atoms with Crippen LogP contribution >= 0.6 is 12.9 Å². The Kier molecular flexibility index (Phi) is 6.38. The molecule has 4 rings (SSSR count). The third-order valence-electron chi connectivity index (χ3n) is 5.20. The van der Waals surface area contributed by atoms with Crippen LogP contribution in [0.3, 0.4) is 0 Å². The van der Waals surface area contributed by atoms with Crippen LogP contribution in [0, 0.1) is 0 Å². The molecule has 0 bridgehead atoms. The zero-order valence-corrected chi connectivity index (χ0v) is 17.6. The SMILES string of the molecule is O=c1cc(-c2ccc(O)c(O)c2)oc2cc(OC3OC(COS)C(O)C(O)C3O)cc(O)c12. The first kappa shape index (κ1) is 23.2. The van der Waals surface area contributed by atoms with Crippen LogP contribution in [-0.2, 0) is 8.92 Å². The Balaban J connectivity index is 1.70. The minimum atomic E-state index is -1.65. The highest BCUT2D eigenvalue weighted by Gasteiger charge is 2.45. The molecule has 1 aromatic heterocycles. The van der Waals surface area contributed by atoms with Crippen molar-refractivity contribution in [2.24, 2.45) is 0 Å². The van der Waals surface area contributed by atoms with Crippen LogP contribution in [0.4, 0.5) is 0 Å². The van der Waals surface area contributed by atoms with Gasteiger partial charge in [0.2, 0.25) is 6.29 Å². The molecule has 0 spiro atoms. The predicted molar refractivity (Wildman–Crippen MR) is 115 cm³/mol. The van der Waals surface area contributed by atoms with Crippen LogP contribution < -0.4 is 10.2 Å². The Bertz CT molecular complexity index is 1230. The van der Waals surface area contributed by atoms with Gasteiger partial charge < -0.3 is 48.7 Å². The fourth-order valence-corrected chi connectivity index (χ4v) is 3.64. The van der Waals surface area contributed by atoms with Crippen molar-refractivity contribution >= 4 is 23.9 Å². The molecule has 11 nitrogen and oxygen atoms in total. The van der Waals surface area contributed by atoms with Crippen LogP contribution in [0.15, 0.2) is 45.6 Å². The number of hydrogen-bond acceptors (Lipinski definition) is 12. The summed E-state index contributed by atoms with van der Waals surface area (Å²) in [5, 5.41) is 59.7. The van der Waals surface area contributed by atoms with Crippen LogP contribution in [-0.4, -0.2) is 68.0 Å². The monoisotopic (exact) mass is 480 g/mol. The summed E-state index contributed by atoms with van der Waals surface area (Å²) in [6.07, 6.45) is -7.24. The third-order valence-corrected chi connectivity index (χ3v) is 5.35. The summed E-state index contributed by atoms with van der Waals surface area (Å²) < 4.78 is 21.3. The van der Waals surface area contributed by atoms with Gasteiger partial charge in [-0.15, -0.1) is 0 Å². The lowest BCUT2D eigenvalue weighted by Gasteiger charge is -2.39. The van der Waals surface area contributed by atoms with Crippen LogP contribution in [0.2, 0.25) is 0 Å². The van der Waals surface area contributed by atoms with E-state index in [9.17, 15) is 35.4 Å². The van der Waals surface area contributed by atoms with Gasteiger partial charge in [0.15, 0.2) is 16.9 Å². The van der Waals surface area contributed by atoms with Crippen molar-refractivity contribution in [3.05, 3.63) is 46.6 Å². The summed E-state index contributed by atoms with van der Waals surface area (Å²) in [4.78, 5) is 12.6. The van der Waals surface area contributed by atoms with Gasteiger partial charge >= 0.3 is 0 Å². The van der Waals surface area contributed by atoms with Crippen molar-refractivity contribution in [2.45, 2.75) is 30.7 Å². The number of rotatable bonds is 5. The standard InChI is InChI=1S/C21H20O11S/c22-10-2-1-8(3-11(10)23)14-6-13(25)17-12(24)4-9(5-15(17)31-14)30-21-20(28)19(27)18(26)16(32-21)7-29-33/h1-6,16,18-24,26-28,33H,7H2. The van der Waals surface area contributed by atoms with Crippen molar-refractivity contribution in [1.29, 1.82) is 0 Å². The van der Waals surface area contributed by atoms with Crippen LogP contribution in [0.1, 0.15) is 0 Å². The number of aliphatic hydroxyl groups is 3. The maximum absolute atomic E-state index is 12.6. The number of fused-ring (bicyclic) bond motifs is 1. The molecule has 1 saturated heterocycles. The average molecular weight is 480 g/mol. The molecule has 2 aromatic carbocycles. The van der Waals surface area contributed by atoms with Crippen molar-refractivity contribution in [3.63, 3.8) is 0 Å². The van der Waals surface area contributed by atoms with E-state index in [0.717, 1.165) is 12.1 Å². The third kappa shape index (κ3) is 4.44. The number of aromatic hydroxyl groups is 3. The molecule has 12 heteroatoms. The van der Waals surface area contributed by atoms with Gasteiger partial charge in [0.05, 0.1) is 6.61 Å². The maximum atomic E-state index is 12.6. The largest absolute Gasteiger partial charge is 0.507 e. The van der Waals surface area contributed by atoms with E-state index >= 15 is 0 Å². The van der Waals surface area contributed by atoms with Gasteiger partial charge in [0, 0.05) is 23.8 Å². The average Bonchev–Trinajstić information content (AvgIpc) is 2.77. The molecular formula is C21H20O11S. The predicted octanol–water partition coefficient (Wildman–Crippen LogP) is 0.625. The summed E-state index contributed by atoms with van der Waals surface area (Å²) >= 11 is 3.59. The Hall–Kier alpha value is -3.00. The smallest absolute Gasteiger partial charge is 0.229 e. The summed E-state index contributed by atoms with van der Waals surface area (Å²) in [5.74, 6) is -1.28. The number of phenolic OH excluding ortho intramolecular Hbond substituents is 3. The number of ether oxygens (including phenoxy) is 2. The van der Waals surface area contributed by atoms with Gasteiger partial charge in [-0.05, 0) is 31.1 Å². The molecule has 3 aromatic rings. The number of thiol groups is 1. The van der Waals surface area contributed by atoms with E-state index in [2.05, 4.69) is 17.1 Å². The Morgan fingerprint density at radius 3 is 2.36 bits per heavy atom. The molecule has 0 amide bonds. The summed E-state index contributed by atoms with van der Waals surface area (Å²) in [6, 6.07) is 7.31. The molecule has 176 valence electrons. The van der Waals surface area contributed by atoms with Crippen molar-refractivity contribution < 1.29 is 48.7 Å². The molecule has 1 fully saturated rings. The summed E-state index contributed by atoms with van der Waals surface area (Å²) in [7, 11) is 0. The molecule has 0 radical (unpaired) electrons. The normalized spacial score (nSPS) is 25.3. The molecule has 1 aliphatic heterocycles. The maximum Gasteiger partial charge on any atom is 0.229 e. The van der Waals surface area contributed by atoms with Crippen LogP contribution in [0.25, 0.3) is 22.3 Å². The fourth-order valence-electron chi connectivity index (χ4n) is 3.49. The second-order valence-corrected chi connectivity index (χ2v) is 7.68. The van der Waals surface area contributed by atoms with E-state index in [1.54, 1.807) is 0 Å². The summed E-state index contributed by atoms with van der Waals surface area (Å²) in [6.45, 7) is -0.214. The first-order valence-corrected chi connectivity index (χ1v) is 10.0. The molecule has 0 saturated carbocycles. The zero-order valence-electron chi connectivity index (χ0n) is 16.7. The topological polar surface area (TPSA) is 179 Å². The van der Waals surface area contributed by atoms with Gasteiger partial charge in [-0.3, -0.25) is 4.79 Å². The van der Waals surface area contributed by atoms with Crippen LogP contribution in [0.5, 0.6) is 23.0 Å². The lowest BCUT2D eigenvalue weighted by molar-refractivity contribution is -0.275. The minimum Gasteiger partial charge on any atom is -0.507 e. The molecule has 5 unspecified atom stereocenters. The lowest BCUT2D eigenvalue weighted by Crippen LogP contribution is -2.60. The van der Waals surface area contributed by atoms with Gasteiger partial charge in [0.1, 0.15) is 52.6 Å². The Morgan fingerprint density at radius 1 is 0.909 bits per heavy atom. The number of hydrogen-bond donors (Lipinski definition) is 7. The van der Waals surface area contributed by atoms with E-state index in [0.29, 0.717) is 0 Å². The van der Waals surface area contributed by atoms with Gasteiger partial charge in [0.25, 0.3) is 0 Å². The first-order chi connectivity index (χ1) is 15.7. The highest BCUT2D eigenvalue weighted by atomic mass is 32.1. The van der Waals surface area contributed by atoms with Crippen molar-refractivity contribution in [2.75, 3.05) is 6.61 Å². The molecule has 33 heavy (non-hydrogen) atoms. The fraction of sp³-hybridized carbons (Fsp3) is 0.286. The molecule has 6 N–H and O–H groups in total. The quantitative estimate of drug-likeness (QED) is 0.155. The zero-order chi connectivity index (χ0) is 23.9. The second kappa shape index (κ2) is 9.09. The van der Waals surface area contributed by atoms with E-state index in [4.69, 9.17) is 13.9 Å². The van der Waals surface area contributed by atoms with Crippen molar-refractivity contribution in [3.8, 4) is 34.3 Å². The molecular weight excluding hydrogens is 460 g/mol. The van der Waals surface area contributed by atoms with E-state index in [1.807, 2.05) is 0 Å². The Morgan fingerprint density at radius 2 is 1.67 bits per heavy atom. The highest BCUT2D eigenvalue weighted by Crippen LogP contribution is 2.35. The van der Waals surface area contributed by atoms with Crippen molar-refractivity contribution in [1.82, 2.24) is 0 Å². The van der Waals surface area contributed by atoms with Gasteiger partial charge in [-0.25, -0.2) is 0 Å². The van der Waals surface area contributed by atoms with E-state index in [1.165, 1.54) is 24.3 Å². The number of aliphatic hydroxyl groups excluding tert-OH is 3. The second-order valence-electron chi connectivity index (χ2n) is 7.42. The molecule has 2 heterocycles. The highest BCUT2D eigenvalue weighted by molar-refractivity contribution is 7.75. The number of phenols is 3. The van der Waals surface area contributed by atoms with Gasteiger partial charge in [-0.2, -0.15) is 0 Å². The first-order valence-electron chi connectivity index (χ1n) is 9.65. The lowest BCUT2D eigenvalue weighted by atomic mass is 9.99. The van der Waals surface area contributed by atoms with E-state index < -0.39 is 47.6 Å². The van der Waals surface area contributed by atoms with Gasteiger partial charge in [-0.1, -0.05) is 0 Å². The molecule has 5 atom stereocenters. The number of benzene rings is 2. The molecule has 0 aliphatic carbocycles.